The van der Waals surface area contributed by atoms with Crippen LogP contribution in [0, 0.1) is 0 Å². The lowest BCUT2D eigenvalue weighted by Crippen LogP contribution is -2.24. The quantitative estimate of drug-likeness (QED) is 0.582. The number of aryl methyl sites for hydroxylation is 1. The summed E-state index contributed by atoms with van der Waals surface area (Å²) in [6.07, 6.45) is 8.26. The van der Waals surface area contributed by atoms with Gasteiger partial charge in [-0.25, -0.2) is 0 Å². The van der Waals surface area contributed by atoms with Crippen LogP contribution in [0.1, 0.15) is 51.0 Å². The van der Waals surface area contributed by atoms with E-state index in [9.17, 15) is 0 Å². The van der Waals surface area contributed by atoms with Crippen LogP contribution < -0.4 is 4.74 Å². The Morgan fingerprint density at radius 3 is 2.62 bits per heavy atom. The number of benzene rings is 2. The second-order valence-electron chi connectivity index (χ2n) is 6.60. The second-order valence-corrected chi connectivity index (χ2v) is 6.60. The van der Waals surface area contributed by atoms with Crippen molar-refractivity contribution in [2.24, 2.45) is 0 Å². The Hall–Kier alpha value is -1.80. The number of hydrogen-bond acceptors (Lipinski definition) is 2. The van der Waals surface area contributed by atoms with Crippen LogP contribution in [0.25, 0.3) is 11.1 Å². The van der Waals surface area contributed by atoms with Gasteiger partial charge in [-0.3, -0.25) is 0 Å². The molecule has 0 aliphatic carbocycles. The number of rotatable bonds is 7. The zero-order valence-electron chi connectivity index (χ0n) is 14.7. The Labute approximate surface area is 145 Å². The van der Waals surface area contributed by atoms with E-state index in [0.717, 1.165) is 25.2 Å². The summed E-state index contributed by atoms with van der Waals surface area (Å²) in [5.74, 6) is 0.893. The lowest BCUT2D eigenvalue weighted by Gasteiger charge is -2.23. The van der Waals surface area contributed by atoms with Gasteiger partial charge in [0.2, 0.25) is 0 Å². The van der Waals surface area contributed by atoms with Crippen LogP contribution >= 0.6 is 0 Å². The van der Waals surface area contributed by atoms with Gasteiger partial charge in [0, 0.05) is 6.42 Å². The van der Waals surface area contributed by atoms with Gasteiger partial charge in [-0.05, 0) is 54.5 Å². The molecule has 1 unspecified atom stereocenters. The van der Waals surface area contributed by atoms with E-state index in [0.29, 0.717) is 0 Å². The maximum Gasteiger partial charge on any atom is 0.199 e. The minimum atomic E-state index is -0.0773. The van der Waals surface area contributed by atoms with Crippen molar-refractivity contribution < 1.29 is 9.47 Å². The average molecular weight is 324 g/mol. The SMILES string of the molecule is CCCCCc1cccc(-c2ccc(OC3CCCCO3)cc2)c1. The summed E-state index contributed by atoms with van der Waals surface area (Å²) in [5.41, 5.74) is 3.95. The summed E-state index contributed by atoms with van der Waals surface area (Å²) < 4.78 is 11.6. The molecule has 1 aliphatic rings. The van der Waals surface area contributed by atoms with Crippen LogP contribution in [-0.4, -0.2) is 12.9 Å². The minimum absolute atomic E-state index is 0.0773. The summed E-state index contributed by atoms with van der Waals surface area (Å²) in [4.78, 5) is 0. The number of unbranched alkanes of at least 4 members (excludes halogenated alkanes) is 2. The van der Waals surface area contributed by atoms with Crippen molar-refractivity contribution in [2.45, 2.75) is 58.2 Å². The average Bonchev–Trinajstić information content (AvgIpc) is 2.64. The predicted octanol–water partition coefficient (Wildman–Crippen LogP) is 5.99. The van der Waals surface area contributed by atoms with Crippen molar-refractivity contribution in [3.8, 4) is 16.9 Å². The summed E-state index contributed by atoms with van der Waals surface area (Å²) in [5, 5.41) is 0. The number of ether oxygens (including phenoxy) is 2. The third-order valence-electron chi connectivity index (χ3n) is 4.59. The Kier molecular flexibility index (Phi) is 6.31. The smallest absolute Gasteiger partial charge is 0.199 e. The zero-order valence-corrected chi connectivity index (χ0v) is 14.7. The van der Waals surface area contributed by atoms with Crippen molar-refractivity contribution in [3.63, 3.8) is 0 Å². The summed E-state index contributed by atoms with van der Waals surface area (Å²) in [7, 11) is 0. The lowest BCUT2D eigenvalue weighted by molar-refractivity contribution is -0.105. The largest absolute Gasteiger partial charge is 0.465 e. The molecule has 2 aromatic carbocycles. The van der Waals surface area contributed by atoms with Crippen LogP contribution in [0.15, 0.2) is 48.5 Å². The second kappa shape index (κ2) is 8.89. The highest BCUT2D eigenvalue weighted by molar-refractivity contribution is 5.64. The maximum absolute atomic E-state index is 5.91. The molecule has 2 heteroatoms. The fraction of sp³-hybridized carbons (Fsp3) is 0.455. The molecule has 0 aromatic heterocycles. The van der Waals surface area contributed by atoms with E-state index in [-0.39, 0.29) is 6.29 Å². The fourth-order valence-electron chi connectivity index (χ4n) is 3.17. The molecule has 0 N–H and O–H groups in total. The third-order valence-corrected chi connectivity index (χ3v) is 4.59. The molecule has 1 heterocycles. The topological polar surface area (TPSA) is 18.5 Å². The van der Waals surface area contributed by atoms with E-state index in [1.165, 1.54) is 48.8 Å². The highest BCUT2D eigenvalue weighted by Gasteiger charge is 2.15. The van der Waals surface area contributed by atoms with Gasteiger partial charge in [-0.15, -0.1) is 0 Å². The van der Waals surface area contributed by atoms with E-state index < -0.39 is 0 Å². The highest BCUT2D eigenvalue weighted by atomic mass is 16.7. The standard InChI is InChI=1S/C22H28O2/c1-2-3-4-8-18-9-7-10-20(17-18)19-12-14-21(15-13-19)24-22-11-5-6-16-23-22/h7,9-10,12-15,17,22H,2-6,8,11,16H2,1H3. The van der Waals surface area contributed by atoms with Crippen LogP contribution in [0.4, 0.5) is 0 Å². The van der Waals surface area contributed by atoms with Crippen LogP contribution in [0.2, 0.25) is 0 Å². The first-order valence-electron chi connectivity index (χ1n) is 9.33. The van der Waals surface area contributed by atoms with E-state index in [4.69, 9.17) is 9.47 Å². The minimum Gasteiger partial charge on any atom is -0.465 e. The van der Waals surface area contributed by atoms with Gasteiger partial charge < -0.3 is 9.47 Å². The first-order chi connectivity index (χ1) is 11.8. The summed E-state index contributed by atoms with van der Waals surface area (Å²) in [6, 6.07) is 17.3. The van der Waals surface area contributed by atoms with E-state index in [1.807, 2.05) is 0 Å². The van der Waals surface area contributed by atoms with Crippen LogP contribution in [-0.2, 0) is 11.2 Å². The highest BCUT2D eigenvalue weighted by Crippen LogP contribution is 2.25. The van der Waals surface area contributed by atoms with Gasteiger partial charge >= 0.3 is 0 Å². The zero-order chi connectivity index (χ0) is 16.6. The molecule has 1 fully saturated rings. The third kappa shape index (κ3) is 4.85. The van der Waals surface area contributed by atoms with Gasteiger partial charge in [0.25, 0.3) is 0 Å². The molecule has 24 heavy (non-hydrogen) atoms. The molecule has 3 rings (SSSR count). The molecule has 0 radical (unpaired) electrons. The first-order valence-corrected chi connectivity index (χ1v) is 9.33. The van der Waals surface area contributed by atoms with Gasteiger partial charge in [0.05, 0.1) is 6.61 Å². The molecule has 0 spiro atoms. The molecule has 128 valence electrons. The van der Waals surface area contributed by atoms with Crippen molar-refractivity contribution in [2.75, 3.05) is 6.61 Å². The Bertz CT molecular complexity index is 612. The van der Waals surface area contributed by atoms with Crippen molar-refractivity contribution >= 4 is 0 Å². The summed E-state index contributed by atoms with van der Waals surface area (Å²) in [6.45, 7) is 3.06. The lowest BCUT2D eigenvalue weighted by atomic mass is 10.00. The Balaban J connectivity index is 1.63. The Morgan fingerprint density at radius 1 is 1.00 bits per heavy atom. The van der Waals surface area contributed by atoms with Crippen LogP contribution in [0.5, 0.6) is 5.75 Å². The van der Waals surface area contributed by atoms with Gasteiger partial charge in [0.1, 0.15) is 5.75 Å². The molecule has 2 aromatic rings. The number of hydrogen-bond donors (Lipinski definition) is 0. The summed E-state index contributed by atoms with van der Waals surface area (Å²) >= 11 is 0. The van der Waals surface area contributed by atoms with Gasteiger partial charge in [0.15, 0.2) is 6.29 Å². The monoisotopic (exact) mass is 324 g/mol. The molecule has 0 saturated carbocycles. The normalized spacial score (nSPS) is 17.6. The van der Waals surface area contributed by atoms with Gasteiger partial charge in [-0.2, -0.15) is 0 Å². The van der Waals surface area contributed by atoms with Crippen molar-refractivity contribution in [1.82, 2.24) is 0 Å². The molecular formula is C22H28O2. The van der Waals surface area contributed by atoms with Gasteiger partial charge in [-0.1, -0.05) is 56.2 Å². The van der Waals surface area contributed by atoms with Crippen molar-refractivity contribution in [3.05, 3.63) is 54.1 Å². The molecule has 1 aliphatic heterocycles. The Morgan fingerprint density at radius 2 is 1.88 bits per heavy atom. The molecule has 0 amide bonds. The predicted molar refractivity (Wildman–Crippen MR) is 99.3 cm³/mol. The van der Waals surface area contributed by atoms with Crippen molar-refractivity contribution in [1.29, 1.82) is 0 Å². The fourth-order valence-corrected chi connectivity index (χ4v) is 3.17. The molecule has 2 nitrogen and oxygen atoms in total. The van der Waals surface area contributed by atoms with E-state index in [2.05, 4.69) is 55.5 Å². The van der Waals surface area contributed by atoms with E-state index >= 15 is 0 Å². The maximum atomic E-state index is 5.91. The van der Waals surface area contributed by atoms with E-state index in [1.54, 1.807) is 0 Å². The molecular weight excluding hydrogens is 296 g/mol. The first kappa shape index (κ1) is 17.0. The molecule has 1 saturated heterocycles. The molecule has 0 bridgehead atoms. The molecule has 1 atom stereocenters. The van der Waals surface area contributed by atoms with Crippen LogP contribution in [0.3, 0.4) is 0 Å².